The van der Waals surface area contributed by atoms with Gasteiger partial charge in [0.2, 0.25) is 0 Å². The highest BCUT2D eigenvalue weighted by molar-refractivity contribution is 9.10. The predicted molar refractivity (Wildman–Crippen MR) is 79.4 cm³/mol. The van der Waals surface area contributed by atoms with Crippen LogP contribution in [0.1, 0.15) is 12.5 Å². The van der Waals surface area contributed by atoms with E-state index in [1.165, 1.54) is 0 Å². The molecule has 0 aromatic heterocycles. The molecule has 0 amide bonds. The summed E-state index contributed by atoms with van der Waals surface area (Å²) in [6, 6.07) is 3.67. The Morgan fingerprint density at radius 1 is 1.61 bits per heavy atom. The second-order valence-corrected chi connectivity index (χ2v) is 4.50. The maximum absolute atomic E-state index is 5.48. The number of halogens is 1. The SMILES string of the molecule is CCOc1c(Br)cc(/C=N\NC(N)=S)cc1OC. The fraction of sp³-hybridized carbons (Fsp3) is 0.273. The molecule has 0 fully saturated rings. The van der Waals surface area contributed by atoms with Crippen LogP contribution in [-0.2, 0) is 0 Å². The number of rotatable bonds is 5. The Labute approximate surface area is 119 Å². The fourth-order valence-electron chi connectivity index (χ4n) is 1.27. The number of thiocarbonyl (C=S) groups is 1. The van der Waals surface area contributed by atoms with E-state index in [0.717, 1.165) is 10.0 Å². The molecule has 18 heavy (non-hydrogen) atoms. The predicted octanol–water partition coefficient (Wildman–Crippen LogP) is 2.02. The Morgan fingerprint density at radius 3 is 2.89 bits per heavy atom. The van der Waals surface area contributed by atoms with Crippen molar-refractivity contribution in [3.05, 3.63) is 22.2 Å². The summed E-state index contributed by atoms with van der Waals surface area (Å²) in [4.78, 5) is 0. The monoisotopic (exact) mass is 331 g/mol. The van der Waals surface area contributed by atoms with Gasteiger partial charge >= 0.3 is 0 Å². The summed E-state index contributed by atoms with van der Waals surface area (Å²) in [5.41, 5.74) is 8.57. The summed E-state index contributed by atoms with van der Waals surface area (Å²) < 4.78 is 11.5. The van der Waals surface area contributed by atoms with E-state index in [-0.39, 0.29) is 5.11 Å². The minimum Gasteiger partial charge on any atom is -0.493 e. The Bertz CT molecular complexity index is 466. The second kappa shape index (κ2) is 7.17. The number of hydrogen-bond acceptors (Lipinski definition) is 4. The number of hydrazone groups is 1. The molecule has 3 N–H and O–H groups in total. The summed E-state index contributed by atoms with van der Waals surface area (Å²) in [5, 5.41) is 3.99. The summed E-state index contributed by atoms with van der Waals surface area (Å²) in [7, 11) is 1.58. The van der Waals surface area contributed by atoms with Gasteiger partial charge in [-0.15, -0.1) is 0 Å². The van der Waals surface area contributed by atoms with Gasteiger partial charge in [0.15, 0.2) is 16.6 Å². The molecular weight excluding hydrogens is 318 g/mol. The highest BCUT2D eigenvalue weighted by Crippen LogP contribution is 2.36. The number of benzene rings is 1. The second-order valence-electron chi connectivity index (χ2n) is 3.20. The van der Waals surface area contributed by atoms with Crippen LogP contribution in [0, 0.1) is 0 Å². The zero-order valence-corrected chi connectivity index (χ0v) is 12.5. The van der Waals surface area contributed by atoms with Gasteiger partial charge in [-0.05, 0) is 52.8 Å². The molecule has 5 nitrogen and oxygen atoms in total. The maximum atomic E-state index is 5.48. The molecule has 0 aliphatic heterocycles. The third-order valence-corrected chi connectivity index (χ3v) is 2.61. The molecule has 0 saturated heterocycles. The molecule has 0 heterocycles. The minimum absolute atomic E-state index is 0.114. The molecule has 0 aliphatic carbocycles. The van der Waals surface area contributed by atoms with Crippen molar-refractivity contribution >= 4 is 39.5 Å². The van der Waals surface area contributed by atoms with Gasteiger partial charge in [0, 0.05) is 0 Å². The summed E-state index contributed by atoms with van der Waals surface area (Å²) in [6.07, 6.45) is 1.59. The molecule has 7 heteroatoms. The van der Waals surface area contributed by atoms with Gasteiger partial charge in [-0.1, -0.05) is 0 Å². The zero-order chi connectivity index (χ0) is 13.5. The van der Waals surface area contributed by atoms with Crippen LogP contribution in [-0.4, -0.2) is 25.0 Å². The third-order valence-electron chi connectivity index (χ3n) is 1.93. The number of hydrogen-bond donors (Lipinski definition) is 2. The normalized spacial score (nSPS) is 10.4. The van der Waals surface area contributed by atoms with Gasteiger partial charge in [0.05, 0.1) is 24.4 Å². The lowest BCUT2D eigenvalue weighted by atomic mass is 10.2. The first-order valence-electron chi connectivity index (χ1n) is 5.17. The van der Waals surface area contributed by atoms with Gasteiger partial charge in [-0.3, -0.25) is 5.43 Å². The molecule has 0 spiro atoms. The molecular formula is C11H14BrN3O2S. The molecule has 98 valence electrons. The first kappa shape index (κ1) is 14.7. The topological polar surface area (TPSA) is 68.9 Å². The first-order valence-corrected chi connectivity index (χ1v) is 6.37. The van der Waals surface area contributed by atoms with Gasteiger partial charge < -0.3 is 15.2 Å². The minimum atomic E-state index is 0.114. The first-order chi connectivity index (χ1) is 8.58. The molecule has 0 unspecified atom stereocenters. The lowest BCUT2D eigenvalue weighted by molar-refractivity contribution is 0.309. The van der Waals surface area contributed by atoms with Crippen LogP contribution >= 0.6 is 28.1 Å². The summed E-state index contributed by atoms with van der Waals surface area (Å²) in [6.45, 7) is 2.47. The number of methoxy groups -OCH3 is 1. The molecule has 1 rings (SSSR count). The largest absolute Gasteiger partial charge is 0.493 e. The van der Waals surface area contributed by atoms with E-state index < -0.39 is 0 Å². The van der Waals surface area contributed by atoms with Gasteiger partial charge in [-0.25, -0.2) is 0 Å². The summed E-state index contributed by atoms with van der Waals surface area (Å²) >= 11 is 8.06. The quantitative estimate of drug-likeness (QED) is 0.491. The van der Waals surface area contributed by atoms with Crippen LogP contribution in [0.25, 0.3) is 0 Å². The van der Waals surface area contributed by atoms with E-state index in [1.54, 1.807) is 19.4 Å². The van der Waals surface area contributed by atoms with Gasteiger partial charge in [-0.2, -0.15) is 5.10 Å². The van der Waals surface area contributed by atoms with Crippen molar-refractivity contribution in [3.63, 3.8) is 0 Å². The van der Waals surface area contributed by atoms with Crippen LogP contribution in [0.3, 0.4) is 0 Å². The molecule has 1 aromatic carbocycles. The molecule has 1 aromatic rings. The van der Waals surface area contributed by atoms with Crippen LogP contribution < -0.4 is 20.6 Å². The van der Waals surface area contributed by atoms with Gasteiger partial charge in [0.25, 0.3) is 0 Å². The maximum Gasteiger partial charge on any atom is 0.184 e. The average Bonchev–Trinajstić information content (AvgIpc) is 2.31. The molecule has 0 radical (unpaired) electrons. The van der Waals surface area contributed by atoms with Crippen molar-refractivity contribution in [3.8, 4) is 11.5 Å². The lowest BCUT2D eigenvalue weighted by Crippen LogP contribution is -2.23. The third kappa shape index (κ3) is 4.15. The Hall–Kier alpha value is -1.34. The van der Waals surface area contributed by atoms with Crippen LogP contribution in [0.5, 0.6) is 11.5 Å². The molecule has 0 aliphatic rings. The van der Waals surface area contributed by atoms with Crippen molar-refractivity contribution in [1.82, 2.24) is 5.43 Å². The number of ether oxygens (including phenoxy) is 2. The van der Waals surface area contributed by atoms with E-state index in [2.05, 4.69) is 38.7 Å². The van der Waals surface area contributed by atoms with Crippen LogP contribution in [0.2, 0.25) is 0 Å². The van der Waals surface area contributed by atoms with Crippen LogP contribution in [0.15, 0.2) is 21.7 Å². The lowest BCUT2D eigenvalue weighted by Gasteiger charge is -2.11. The molecule has 0 atom stereocenters. The molecule has 0 bridgehead atoms. The van der Waals surface area contributed by atoms with Crippen molar-refractivity contribution < 1.29 is 9.47 Å². The fourth-order valence-corrected chi connectivity index (χ4v) is 1.90. The Balaban J connectivity index is 2.99. The van der Waals surface area contributed by atoms with Crippen molar-refractivity contribution in [2.24, 2.45) is 10.8 Å². The highest BCUT2D eigenvalue weighted by Gasteiger charge is 2.10. The van der Waals surface area contributed by atoms with Crippen LogP contribution in [0.4, 0.5) is 0 Å². The van der Waals surface area contributed by atoms with E-state index in [1.807, 2.05) is 13.0 Å². The highest BCUT2D eigenvalue weighted by atomic mass is 79.9. The van der Waals surface area contributed by atoms with Crippen molar-refractivity contribution in [1.29, 1.82) is 0 Å². The average molecular weight is 332 g/mol. The zero-order valence-electron chi connectivity index (χ0n) is 10.1. The Kier molecular flexibility index (Phi) is 5.87. The van der Waals surface area contributed by atoms with Crippen molar-refractivity contribution in [2.75, 3.05) is 13.7 Å². The van der Waals surface area contributed by atoms with E-state index in [9.17, 15) is 0 Å². The summed E-state index contributed by atoms with van der Waals surface area (Å²) in [5.74, 6) is 1.29. The molecule has 0 saturated carbocycles. The van der Waals surface area contributed by atoms with E-state index in [0.29, 0.717) is 18.1 Å². The number of nitrogens with one attached hydrogen (secondary N) is 1. The van der Waals surface area contributed by atoms with Crippen molar-refractivity contribution in [2.45, 2.75) is 6.92 Å². The number of nitrogens with zero attached hydrogens (tertiary/aromatic N) is 1. The number of nitrogens with two attached hydrogens (primary N) is 1. The smallest absolute Gasteiger partial charge is 0.184 e. The Morgan fingerprint density at radius 2 is 2.33 bits per heavy atom. The van der Waals surface area contributed by atoms with Gasteiger partial charge in [0.1, 0.15) is 0 Å². The van der Waals surface area contributed by atoms with E-state index in [4.69, 9.17) is 15.2 Å². The van der Waals surface area contributed by atoms with E-state index >= 15 is 0 Å². The standard InChI is InChI=1S/C11H14BrN3O2S/c1-3-17-10-8(12)4-7(5-9(10)16-2)6-14-15-11(13)18/h4-6H,3H2,1-2H3,(H3,13,15,18)/b14-6-.